The van der Waals surface area contributed by atoms with E-state index in [0.29, 0.717) is 28.9 Å². The van der Waals surface area contributed by atoms with E-state index in [9.17, 15) is 14.0 Å². The molecule has 1 heterocycles. The van der Waals surface area contributed by atoms with Crippen LogP contribution in [0.4, 0.5) is 15.8 Å². The van der Waals surface area contributed by atoms with Crippen LogP contribution in [0.5, 0.6) is 0 Å². The molecule has 2 amide bonds. The highest BCUT2D eigenvalue weighted by Gasteiger charge is 2.29. The monoisotopic (exact) mass is 472 g/mol. The molecule has 0 atom stereocenters. The number of rotatable bonds is 7. The third-order valence-corrected chi connectivity index (χ3v) is 5.80. The van der Waals surface area contributed by atoms with E-state index >= 15 is 0 Å². The van der Waals surface area contributed by atoms with E-state index in [1.807, 2.05) is 62.6 Å². The number of fused-ring (bicyclic) bond motifs is 1. The standard InChI is InChI=1S/C28H29FN4O2/c1-32(2)17-19-7-12-22(13-8-19)30-27(20-9-5-18(6-10-20)15-25(34)33(3)4)26-23-14-11-21(29)16-24(23)31-28(26)35/h5-14,16,30H,15,17H2,1-4H3,(H,31,35). The molecule has 0 saturated heterocycles. The zero-order chi connectivity index (χ0) is 25.1. The van der Waals surface area contributed by atoms with Crippen LogP contribution < -0.4 is 10.6 Å². The first-order valence-corrected chi connectivity index (χ1v) is 11.4. The van der Waals surface area contributed by atoms with Gasteiger partial charge in [-0.25, -0.2) is 4.39 Å². The number of carbonyl (C=O) groups is 2. The van der Waals surface area contributed by atoms with Crippen LogP contribution in [0.25, 0.3) is 11.3 Å². The molecule has 3 aromatic rings. The van der Waals surface area contributed by atoms with Gasteiger partial charge in [-0.2, -0.15) is 0 Å². The SMILES string of the molecule is CN(C)Cc1ccc(NC(=C2C(=O)Nc3cc(F)ccc32)c2ccc(CC(=O)N(C)C)cc2)cc1. The molecule has 2 N–H and O–H groups in total. The van der Waals surface area contributed by atoms with E-state index in [4.69, 9.17) is 0 Å². The summed E-state index contributed by atoms with van der Waals surface area (Å²) in [5.74, 6) is -0.700. The lowest BCUT2D eigenvalue weighted by Crippen LogP contribution is -2.23. The fraction of sp³-hybridized carbons (Fsp3) is 0.214. The minimum Gasteiger partial charge on any atom is -0.354 e. The largest absolute Gasteiger partial charge is 0.354 e. The van der Waals surface area contributed by atoms with Gasteiger partial charge in [0.05, 0.1) is 23.4 Å². The Morgan fingerprint density at radius 2 is 1.57 bits per heavy atom. The lowest BCUT2D eigenvalue weighted by molar-refractivity contribution is -0.128. The summed E-state index contributed by atoms with van der Waals surface area (Å²) >= 11 is 0. The van der Waals surface area contributed by atoms with Gasteiger partial charge in [-0.05, 0) is 61.1 Å². The van der Waals surface area contributed by atoms with Crippen molar-refractivity contribution >= 4 is 34.5 Å². The molecule has 1 aliphatic rings. The van der Waals surface area contributed by atoms with Crippen molar-refractivity contribution in [3.05, 3.63) is 94.8 Å². The van der Waals surface area contributed by atoms with Crippen molar-refractivity contribution in [3.63, 3.8) is 0 Å². The van der Waals surface area contributed by atoms with Gasteiger partial charge in [-0.15, -0.1) is 0 Å². The molecule has 0 bridgehead atoms. The van der Waals surface area contributed by atoms with E-state index in [2.05, 4.69) is 15.5 Å². The normalized spacial score (nSPS) is 13.9. The van der Waals surface area contributed by atoms with E-state index in [0.717, 1.165) is 23.4 Å². The fourth-order valence-electron chi connectivity index (χ4n) is 4.00. The van der Waals surface area contributed by atoms with Crippen LogP contribution in [0.3, 0.4) is 0 Å². The summed E-state index contributed by atoms with van der Waals surface area (Å²) in [4.78, 5) is 28.8. The molecule has 4 rings (SSSR count). The molecule has 35 heavy (non-hydrogen) atoms. The average molecular weight is 473 g/mol. The summed E-state index contributed by atoms with van der Waals surface area (Å²) in [7, 11) is 7.49. The smallest absolute Gasteiger partial charge is 0.258 e. The number of anilines is 2. The average Bonchev–Trinajstić information content (AvgIpc) is 3.13. The molecular weight excluding hydrogens is 443 g/mol. The van der Waals surface area contributed by atoms with Gasteiger partial charge in [0.2, 0.25) is 5.91 Å². The van der Waals surface area contributed by atoms with Crippen LogP contribution in [-0.4, -0.2) is 49.8 Å². The van der Waals surface area contributed by atoms with Crippen LogP contribution in [0.1, 0.15) is 22.3 Å². The van der Waals surface area contributed by atoms with Crippen LogP contribution in [0.2, 0.25) is 0 Å². The molecule has 0 aromatic heterocycles. The van der Waals surface area contributed by atoms with Crippen molar-refractivity contribution in [2.75, 3.05) is 38.8 Å². The molecule has 0 saturated carbocycles. The summed E-state index contributed by atoms with van der Waals surface area (Å²) in [6.07, 6.45) is 0.294. The summed E-state index contributed by atoms with van der Waals surface area (Å²) in [5.41, 5.74) is 5.78. The first-order chi connectivity index (χ1) is 16.7. The molecule has 0 unspecified atom stereocenters. The maximum atomic E-state index is 13.8. The first-order valence-electron chi connectivity index (χ1n) is 11.4. The predicted molar refractivity (Wildman–Crippen MR) is 138 cm³/mol. The van der Waals surface area contributed by atoms with Gasteiger partial charge in [0.25, 0.3) is 5.91 Å². The Bertz CT molecular complexity index is 1280. The number of hydrogen-bond acceptors (Lipinski definition) is 4. The molecule has 1 aliphatic heterocycles. The van der Waals surface area contributed by atoms with Crippen molar-refractivity contribution in [2.45, 2.75) is 13.0 Å². The molecule has 6 nitrogen and oxygen atoms in total. The van der Waals surface area contributed by atoms with Gasteiger partial charge in [0, 0.05) is 31.9 Å². The van der Waals surface area contributed by atoms with E-state index in [1.54, 1.807) is 25.1 Å². The molecule has 0 radical (unpaired) electrons. The maximum absolute atomic E-state index is 13.8. The number of nitrogens with one attached hydrogen (secondary N) is 2. The van der Waals surface area contributed by atoms with E-state index in [-0.39, 0.29) is 11.8 Å². The van der Waals surface area contributed by atoms with Gasteiger partial charge < -0.3 is 20.4 Å². The number of nitrogens with zero attached hydrogens (tertiary/aromatic N) is 2. The van der Waals surface area contributed by atoms with Crippen molar-refractivity contribution in [1.29, 1.82) is 0 Å². The summed E-state index contributed by atoms with van der Waals surface area (Å²) in [6, 6.07) is 19.9. The number of hydrogen-bond donors (Lipinski definition) is 2. The van der Waals surface area contributed by atoms with Crippen LogP contribution in [-0.2, 0) is 22.6 Å². The molecule has 7 heteroatoms. The number of amides is 2. The van der Waals surface area contributed by atoms with Crippen LogP contribution >= 0.6 is 0 Å². The second-order valence-electron chi connectivity index (χ2n) is 9.12. The Balaban J connectivity index is 1.74. The summed E-state index contributed by atoms with van der Waals surface area (Å²) in [5, 5.41) is 6.19. The van der Waals surface area contributed by atoms with Gasteiger partial charge in [-0.1, -0.05) is 36.4 Å². The Hall–Kier alpha value is -3.97. The number of likely N-dealkylation sites (N-methyl/N-ethyl adjacent to an activating group) is 1. The first kappa shape index (κ1) is 24.2. The summed E-state index contributed by atoms with van der Waals surface area (Å²) in [6.45, 7) is 0.822. The maximum Gasteiger partial charge on any atom is 0.258 e. The second-order valence-corrected chi connectivity index (χ2v) is 9.12. The highest BCUT2D eigenvalue weighted by Crippen LogP contribution is 2.38. The van der Waals surface area contributed by atoms with Crippen molar-refractivity contribution < 1.29 is 14.0 Å². The molecular formula is C28H29FN4O2. The van der Waals surface area contributed by atoms with Crippen LogP contribution in [0.15, 0.2) is 66.7 Å². The minimum absolute atomic E-state index is 0.0124. The lowest BCUT2D eigenvalue weighted by Gasteiger charge is -2.16. The molecule has 0 spiro atoms. The topological polar surface area (TPSA) is 64.7 Å². The highest BCUT2D eigenvalue weighted by atomic mass is 19.1. The van der Waals surface area contributed by atoms with Gasteiger partial charge >= 0.3 is 0 Å². The highest BCUT2D eigenvalue weighted by molar-refractivity contribution is 6.37. The van der Waals surface area contributed by atoms with Gasteiger partial charge in [0.1, 0.15) is 5.82 Å². The molecule has 0 fully saturated rings. The lowest BCUT2D eigenvalue weighted by atomic mass is 9.98. The summed E-state index contributed by atoms with van der Waals surface area (Å²) < 4.78 is 13.8. The Labute approximate surface area is 205 Å². The Morgan fingerprint density at radius 3 is 2.20 bits per heavy atom. The minimum atomic E-state index is -0.411. The van der Waals surface area contributed by atoms with Crippen molar-refractivity contribution in [3.8, 4) is 0 Å². The van der Waals surface area contributed by atoms with Crippen molar-refractivity contribution in [1.82, 2.24) is 9.80 Å². The van der Waals surface area contributed by atoms with Gasteiger partial charge in [-0.3, -0.25) is 9.59 Å². The fourth-order valence-corrected chi connectivity index (χ4v) is 4.00. The molecule has 180 valence electrons. The zero-order valence-corrected chi connectivity index (χ0v) is 20.4. The molecule has 3 aromatic carbocycles. The van der Waals surface area contributed by atoms with Gasteiger partial charge in [0.15, 0.2) is 0 Å². The van der Waals surface area contributed by atoms with Crippen LogP contribution in [0, 0.1) is 5.82 Å². The van der Waals surface area contributed by atoms with E-state index < -0.39 is 5.82 Å². The predicted octanol–water partition coefficient (Wildman–Crippen LogP) is 4.45. The Kier molecular flexibility index (Phi) is 6.98. The Morgan fingerprint density at radius 1 is 0.914 bits per heavy atom. The number of benzene rings is 3. The second kappa shape index (κ2) is 10.1. The third kappa shape index (κ3) is 5.58. The van der Waals surface area contributed by atoms with E-state index in [1.165, 1.54) is 17.7 Å². The zero-order valence-electron chi connectivity index (χ0n) is 20.4. The number of halogens is 1. The van der Waals surface area contributed by atoms with Crippen molar-refractivity contribution in [2.24, 2.45) is 0 Å². The third-order valence-electron chi connectivity index (χ3n) is 5.80. The molecule has 0 aliphatic carbocycles. The quantitative estimate of drug-likeness (QED) is 0.499. The number of carbonyl (C=O) groups excluding carboxylic acids is 2.